The van der Waals surface area contributed by atoms with E-state index in [4.69, 9.17) is 16.3 Å². The van der Waals surface area contributed by atoms with Gasteiger partial charge in [0.2, 0.25) is 10.0 Å². The highest BCUT2D eigenvalue weighted by Crippen LogP contribution is 2.36. The first-order chi connectivity index (χ1) is 13.9. The average Bonchev–Trinajstić information content (AvgIpc) is 3.04. The Labute approximate surface area is 175 Å². The number of hydrogen-bond acceptors (Lipinski definition) is 5. The van der Waals surface area contributed by atoms with Crippen LogP contribution in [0.25, 0.3) is 10.1 Å². The summed E-state index contributed by atoms with van der Waals surface area (Å²) in [5, 5.41) is 3.50. The van der Waals surface area contributed by atoms with Gasteiger partial charge in [-0.2, -0.15) is 4.31 Å². The molecule has 0 radical (unpaired) electrons. The molecule has 2 aromatic carbocycles. The van der Waals surface area contributed by atoms with Crippen LogP contribution in [0.1, 0.15) is 9.67 Å². The predicted molar refractivity (Wildman–Crippen MR) is 111 cm³/mol. The van der Waals surface area contributed by atoms with Crippen molar-refractivity contribution < 1.29 is 22.3 Å². The minimum atomic E-state index is -3.68. The Balaban J connectivity index is 1.60. The Morgan fingerprint density at radius 3 is 2.69 bits per heavy atom. The van der Waals surface area contributed by atoms with E-state index in [2.05, 4.69) is 5.32 Å². The van der Waals surface area contributed by atoms with Gasteiger partial charge in [-0.15, -0.1) is 11.3 Å². The molecule has 29 heavy (non-hydrogen) atoms. The van der Waals surface area contributed by atoms with Crippen molar-refractivity contribution in [3.8, 4) is 0 Å². The predicted octanol–water partition coefficient (Wildman–Crippen LogP) is 3.97. The van der Waals surface area contributed by atoms with Crippen LogP contribution < -0.4 is 5.32 Å². The third-order valence-corrected chi connectivity index (χ3v) is 8.05. The molecule has 152 valence electrons. The van der Waals surface area contributed by atoms with Gasteiger partial charge in [0, 0.05) is 28.9 Å². The van der Waals surface area contributed by atoms with Gasteiger partial charge in [-0.25, -0.2) is 12.8 Å². The van der Waals surface area contributed by atoms with Crippen LogP contribution in [-0.4, -0.2) is 44.9 Å². The Hall–Kier alpha value is -2.04. The van der Waals surface area contributed by atoms with Crippen molar-refractivity contribution in [2.45, 2.75) is 4.90 Å². The fourth-order valence-electron chi connectivity index (χ4n) is 3.04. The number of carbonyl (C=O) groups excluding carboxylic acids is 1. The summed E-state index contributed by atoms with van der Waals surface area (Å²) in [5.74, 6) is -0.902. The summed E-state index contributed by atoms with van der Waals surface area (Å²) in [6.45, 7) is 1.26. The highest BCUT2D eigenvalue weighted by molar-refractivity contribution is 7.89. The van der Waals surface area contributed by atoms with Crippen molar-refractivity contribution in [1.82, 2.24) is 4.31 Å². The second-order valence-corrected chi connectivity index (χ2v) is 9.75. The third-order valence-electron chi connectivity index (χ3n) is 4.50. The molecule has 0 spiro atoms. The first-order valence-electron chi connectivity index (χ1n) is 8.73. The molecular formula is C19H16ClFN2O4S2. The van der Waals surface area contributed by atoms with Crippen molar-refractivity contribution in [2.24, 2.45) is 0 Å². The first kappa shape index (κ1) is 20.2. The zero-order chi connectivity index (χ0) is 20.6. The lowest BCUT2D eigenvalue weighted by Crippen LogP contribution is -2.40. The van der Waals surface area contributed by atoms with Crippen molar-refractivity contribution in [3.63, 3.8) is 0 Å². The fraction of sp³-hybridized carbons (Fsp3) is 0.211. The number of anilines is 1. The summed E-state index contributed by atoms with van der Waals surface area (Å²) < 4.78 is 46.1. The summed E-state index contributed by atoms with van der Waals surface area (Å²) in [6, 6.07) is 10.2. The van der Waals surface area contributed by atoms with Gasteiger partial charge in [-0.1, -0.05) is 17.7 Å². The molecule has 3 aromatic rings. The molecule has 1 aliphatic rings. The molecule has 0 bridgehead atoms. The van der Waals surface area contributed by atoms with Crippen molar-refractivity contribution in [2.75, 3.05) is 31.6 Å². The number of nitrogens with one attached hydrogen (secondary N) is 1. The van der Waals surface area contributed by atoms with Crippen LogP contribution in [0.15, 0.2) is 47.4 Å². The molecule has 0 atom stereocenters. The summed E-state index contributed by atoms with van der Waals surface area (Å²) in [4.78, 5) is 13.0. The minimum Gasteiger partial charge on any atom is -0.379 e. The Kier molecular flexibility index (Phi) is 5.58. The molecule has 1 aliphatic heterocycles. The largest absolute Gasteiger partial charge is 0.379 e. The van der Waals surface area contributed by atoms with Crippen LogP contribution in [0.5, 0.6) is 0 Å². The number of hydrogen-bond donors (Lipinski definition) is 1. The summed E-state index contributed by atoms with van der Waals surface area (Å²) in [5.41, 5.74) is 0.323. The SMILES string of the molecule is O=C(Nc1cccc(S(=O)(=O)N2CCOCC2)c1)c1sc2cc(F)ccc2c1Cl. The minimum absolute atomic E-state index is 0.0849. The molecule has 6 nitrogen and oxygen atoms in total. The van der Waals surface area contributed by atoms with Crippen LogP contribution in [0.2, 0.25) is 5.02 Å². The molecule has 1 fully saturated rings. The molecule has 0 saturated carbocycles. The second kappa shape index (κ2) is 8.00. The first-order valence-corrected chi connectivity index (χ1v) is 11.4. The number of nitrogens with zero attached hydrogens (tertiary/aromatic N) is 1. The summed E-state index contributed by atoms with van der Waals surface area (Å²) in [6.07, 6.45) is 0. The van der Waals surface area contributed by atoms with E-state index in [1.165, 1.54) is 34.6 Å². The Morgan fingerprint density at radius 1 is 1.17 bits per heavy atom. The number of ether oxygens (including phenoxy) is 1. The molecule has 2 heterocycles. The maximum atomic E-state index is 13.4. The van der Waals surface area contributed by atoms with E-state index >= 15 is 0 Å². The van der Waals surface area contributed by atoms with Gasteiger partial charge < -0.3 is 10.1 Å². The normalized spacial score (nSPS) is 15.5. The van der Waals surface area contributed by atoms with Crippen LogP contribution >= 0.6 is 22.9 Å². The number of carbonyl (C=O) groups is 1. The van der Waals surface area contributed by atoms with Crippen LogP contribution in [0.4, 0.5) is 10.1 Å². The van der Waals surface area contributed by atoms with Crippen molar-refractivity contribution in [3.05, 3.63) is 58.2 Å². The molecule has 4 rings (SSSR count). The zero-order valence-corrected chi connectivity index (χ0v) is 17.4. The van der Waals surface area contributed by atoms with Crippen LogP contribution in [-0.2, 0) is 14.8 Å². The lowest BCUT2D eigenvalue weighted by atomic mass is 10.2. The van der Waals surface area contributed by atoms with Crippen LogP contribution in [0, 0.1) is 5.82 Å². The number of benzene rings is 2. The van der Waals surface area contributed by atoms with E-state index in [-0.39, 0.29) is 27.9 Å². The highest BCUT2D eigenvalue weighted by atomic mass is 35.5. The van der Waals surface area contributed by atoms with Gasteiger partial charge in [0.15, 0.2) is 0 Å². The van der Waals surface area contributed by atoms with Gasteiger partial charge in [0.05, 0.1) is 23.1 Å². The second-order valence-electron chi connectivity index (χ2n) is 6.38. The fourth-order valence-corrected chi connectivity index (χ4v) is 5.93. The lowest BCUT2D eigenvalue weighted by molar-refractivity contribution is 0.0730. The number of fused-ring (bicyclic) bond motifs is 1. The smallest absolute Gasteiger partial charge is 0.267 e. The number of thiophene rings is 1. The molecule has 1 N–H and O–H groups in total. The summed E-state index contributed by atoms with van der Waals surface area (Å²) in [7, 11) is -3.68. The molecule has 1 aromatic heterocycles. The topological polar surface area (TPSA) is 75.7 Å². The molecule has 1 saturated heterocycles. The number of halogens is 2. The molecular weight excluding hydrogens is 439 g/mol. The molecule has 0 unspecified atom stereocenters. The third kappa shape index (κ3) is 4.01. The van der Waals surface area contributed by atoms with Gasteiger partial charge in [0.25, 0.3) is 5.91 Å². The summed E-state index contributed by atoms with van der Waals surface area (Å²) >= 11 is 7.36. The van der Waals surface area contributed by atoms with E-state index < -0.39 is 21.7 Å². The number of sulfonamides is 1. The maximum absolute atomic E-state index is 13.4. The Morgan fingerprint density at radius 2 is 1.93 bits per heavy atom. The molecule has 10 heteroatoms. The monoisotopic (exact) mass is 454 g/mol. The standard InChI is InChI=1S/C19H16ClFN2O4S2/c20-17-15-5-4-12(21)10-16(15)28-18(17)19(24)22-13-2-1-3-14(11-13)29(25,26)23-6-8-27-9-7-23/h1-5,10-11H,6-9H2,(H,22,24). The maximum Gasteiger partial charge on any atom is 0.267 e. The number of amides is 1. The molecule has 1 amide bonds. The van der Waals surface area contributed by atoms with Gasteiger partial charge in [-0.3, -0.25) is 4.79 Å². The zero-order valence-electron chi connectivity index (χ0n) is 15.0. The quantitative estimate of drug-likeness (QED) is 0.647. The average molecular weight is 455 g/mol. The number of morpholine rings is 1. The Bertz CT molecular complexity index is 1190. The van der Waals surface area contributed by atoms with Gasteiger partial charge >= 0.3 is 0 Å². The van der Waals surface area contributed by atoms with E-state index in [0.29, 0.717) is 29.0 Å². The van der Waals surface area contributed by atoms with E-state index in [1.807, 2.05) is 0 Å². The van der Waals surface area contributed by atoms with Crippen molar-refractivity contribution >= 4 is 54.6 Å². The van der Waals surface area contributed by atoms with E-state index in [9.17, 15) is 17.6 Å². The highest BCUT2D eigenvalue weighted by Gasteiger charge is 2.26. The lowest BCUT2D eigenvalue weighted by Gasteiger charge is -2.26. The van der Waals surface area contributed by atoms with Crippen molar-refractivity contribution in [1.29, 1.82) is 0 Å². The van der Waals surface area contributed by atoms with Crippen LogP contribution in [0.3, 0.4) is 0 Å². The van der Waals surface area contributed by atoms with Gasteiger partial charge in [-0.05, 0) is 36.4 Å². The molecule has 0 aliphatic carbocycles. The number of rotatable bonds is 4. The van der Waals surface area contributed by atoms with E-state index in [0.717, 1.165) is 11.3 Å². The van der Waals surface area contributed by atoms with E-state index in [1.54, 1.807) is 12.1 Å². The van der Waals surface area contributed by atoms with Gasteiger partial charge in [0.1, 0.15) is 10.7 Å².